The lowest BCUT2D eigenvalue weighted by Crippen LogP contribution is -2.22. The first kappa shape index (κ1) is 18.1. The Morgan fingerprint density at radius 3 is 2.64 bits per heavy atom. The van der Waals surface area contributed by atoms with Gasteiger partial charge in [0.2, 0.25) is 0 Å². The van der Waals surface area contributed by atoms with Crippen LogP contribution in [0.1, 0.15) is 18.2 Å². The van der Waals surface area contributed by atoms with Gasteiger partial charge in [0.05, 0.1) is 15.5 Å². The van der Waals surface area contributed by atoms with E-state index in [9.17, 15) is 28.4 Å². The smallest absolute Gasteiger partial charge is 0.348 e. The standard InChI is InChI=1S/C14H13N3O7S/c1-8-6-12(18)13(14(19)24-8)9(2)15-16-25(22,23)11-5-3-4-10(7-11)17(20)21/h3-7,16,18H,1-2H3/b15-9+. The highest BCUT2D eigenvalue weighted by molar-refractivity contribution is 7.89. The second kappa shape index (κ2) is 6.73. The summed E-state index contributed by atoms with van der Waals surface area (Å²) >= 11 is 0. The Morgan fingerprint density at radius 1 is 1.36 bits per heavy atom. The van der Waals surface area contributed by atoms with E-state index in [-0.39, 0.29) is 21.9 Å². The van der Waals surface area contributed by atoms with Crippen LogP contribution in [0.3, 0.4) is 0 Å². The molecule has 0 aliphatic carbocycles. The van der Waals surface area contributed by atoms with E-state index in [1.165, 1.54) is 26.0 Å². The average molecular weight is 367 g/mol. The second-order valence-electron chi connectivity index (χ2n) is 4.95. The summed E-state index contributed by atoms with van der Waals surface area (Å²) in [6.07, 6.45) is 0. The largest absolute Gasteiger partial charge is 0.507 e. The molecule has 11 heteroatoms. The molecule has 0 radical (unpaired) electrons. The van der Waals surface area contributed by atoms with E-state index in [1.54, 1.807) is 0 Å². The van der Waals surface area contributed by atoms with Gasteiger partial charge in [0, 0.05) is 18.2 Å². The normalized spacial score (nSPS) is 12.0. The average Bonchev–Trinajstić information content (AvgIpc) is 2.52. The zero-order chi connectivity index (χ0) is 18.8. The lowest BCUT2D eigenvalue weighted by molar-refractivity contribution is -0.385. The molecule has 1 heterocycles. The molecule has 0 amide bonds. The van der Waals surface area contributed by atoms with Crippen molar-refractivity contribution in [2.45, 2.75) is 18.7 Å². The number of hydrazone groups is 1. The van der Waals surface area contributed by atoms with Gasteiger partial charge in [0.1, 0.15) is 17.1 Å². The number of rotatable bonds is 5. The molecule has 0 bridgehead atoms. The van der Waals surface area contributed by atoms with E-state index < -0.39 is 32.0 Å². The van der Waals surface area contributed by atoms with E-state index in [0.717, 1.165) is 18.2 Å². The molecule has 2 rings (SSSR count). The molecule has 25 heavy (non-hydrogen) atoms. The fraction of sp³-hybridized carbons (Fsp3) is 0.143. The lowest BCUT2D eigenvalue weighted by atomic mass is 10.2. The Morgan fingerprint density at radius 2 is 2.04 bits per heavy atom. The Balaban J connectivity index is 2.36. The monoisotopic (exact) mass is 367 g/mol. The highest BCUT2D eigenvalue weighted by atomic mass is 32.2. The molecule has 1 aromatic carbocycles. The van der Waals surface area contributed by atoms with Gasteiger partial charge in [-0.25, -0.2) is 4.79 Å². The molecule has 0 atom stereocenters. The van der Waals surface area contributed by atoms with Gasteiger partial charge < -0.3 is 9.52 Å². The molecule has 0 fully saturated rings. The van der Waals surface area contributed by atoms with Crippen LogP contribution >= 0.6 is 0 Å². The van der Waals surface area contributed by atoms with Crippen LogP contribution in [-0.4, -0.2) is 24.2 Å². The Hall–Kier alpha value is -3.21. The van der Waals surface area contributed by atoms with Crippen LogP contribution < -0.4 is 10.5 Å². The van der Waals surface area contributed by atoms with Gasteiger partial charge in [-0.3, -0.25) is 10.1 Å². The molecule has 1 aromatic heterocycles. The van der Waals surface area contributed by atoms with E-state index in [0.29, 0.717) is 0 Å². The third kappa shape index (κ3) is 4.01. The van der Waals surface area contributed by atoms with Gasteiger partial charge in [0.15, 0.2) is 0 Å². The molecular weight excluding hydrogens is 354 g/mol. The Bertz CT molecular complexity index is 1020. The molecule has 2 aromatic rings. The SMILES string of the molecule is C/C(=N\NS(=O)(=O)c1cccc([N+](=O)[O-])c1)c1c(O)cc(C)oc1=O. The van der Waals surface area contributed by atoms with E-state index in [1.807, 2.05) is 4.83 Å². The first-order chi connectivity index (χ1) is 11.6. The van der Waals surface area contributed by atoms with Crippen molar-refractivity contribution in [3.8, 4) is 5.75 Å². The fourth-order valence-corrected chi connectivity index (χ4v) is 2.83. The molecular formula is C14H13N3O7S. The van der Waals surface area contributed by atoms with Crippen molar-refractivity contribution in [1.29, 1.82) is 0 Å². The van der Waals surface area contributed by atoms with E-state index in [4.69, 9.17) is 4.42 Å². The fourth-order valence-electron chi connectivity index (χ4n) is 1.93. The summed E-state index contributed by atoms with van der Waals surface area (Å²) in [6.45, 7) is 2.75. The molecule has 0 aliphatic rings. The summed E-state index contributed by atoms with van der Waals surface area (Å²) in [5, 5.41) is 24.1. The lowest BCUT2D eigenvalue weighted by Gasteiger charge is -2.06. The molecule has 0 saturated heterocycles. The maximum atomic E-state index is 12.2. The summed E-state index contributed by atoms with van der Waals surface area (Å²) in [5.41, 5.74) is -1.72. The van der Waals surface area contributed by atoms with Gasteiger partial charge in [-0.2, -0.15) is 18.4 Å². The van der Waals surface area contributed by atoms with Gasteiger partial charge in [-0.1, -0.05) is 6.07 Å². The molecule has 2 N–H and O–H groups in total. The number of sulfonamides is 1. The van der Waals surface area contributed by atoms with Crippen LogP contribution in [0.15, 0.2) is 49.5 Å². The number of aromatic hydroxyl groups is 1. The molecule has 10 nitrogen and oxygen atoms in total. The van der Waals surface area contributed by atoms with Crippen molar-refractivity contribution >= 4 is 21.4 Å². The first-order valence-corrected chi connectivity index (χ1v) is 8.25. The van der Waals surface area contributed by atoms with Crippen LogP contribution in [0.25, 0.3) is 0 Å². The summed E-state index contributed by atoms with van der Waals surface area (Å²) < 4.78 is 29.1. The number of nitrogens with zero attached hydrogens (tertiary/aromatic N) is 2. The summed E-state index contributed by atoms with van der Waals surface area (Å²) in [5.74, 6) is -0.235. The predicted octanol–water partition coefficient (Wildman–Crippen LogP) is 1.26. The van der Waals surface area contributed by atoms with Gasteiger partial charge in [0.25, 0.3) is 15.7 Å². The first-order valence-electron chi connectivity index (χ1n) is 6.76. The van der Waals surface area contributed by atoms with Crippen molar-refractivity contribution < 1.29 is 22.9 Å². The predicted molar refractivity (Wildman–Crippen MR) is 87.0 cm³/mol. The van der Waals surface area contributed by atoms with Crippen LogP contribution in [0, 0.1) is 17.0 Å². The van der Waals surface area contributed by atoms with E-state index in [2.05, 4.69) is 5.10 Å². The summed E-state index contributed by atoms with van der Waals surface area (Å²) in [4.78, 5) is 23.2. The Kier molecular flexibility index (Phi) is 4.88. The van der Waals surface area contributed by atoms with Crippen molar-refractivity contribution in [1.82, 2.24) is 4.83 Å². The second-order valence-corrected chi connectivity index (χ2v) is 6.61. The number of nitrogens with one attached hydrogen (secondary N) is 1. The summed E-state index contributed by atoms with van der Waals surface area (Å²) in [7, 11) is -4.21. The number of benzene rings is 1. The minimum atomic E-state index is -4.21. The number of non-ortho nitro benzene ring substituents is 1. The molecule has 132 valence electrons. The number of nitro groups is 1. The molecule has 0 unspecified atom stereocenters. The van der Waals surface area contributed by atoms with Crippen LogP contribution in [-0.2, 0) is 10.0 Å². The topological polar surface area (TPSA) is 152 Å². The summed E-state index contributed by atoms with van der Waals surface area (Å²) in [6, 6.07) is 5.56. The van der Waals surface area contributed by atoms with Crippen molar-refractivity contribution in [3.63, 3.8) is 0 Å². The van der Waals surface area contributed by atoms with Crippen molar-refractivity contribution in [2.24, 2.45) is 5.10 Å². The number of hydrogen-bond donors (Lipinski definition) is 2. The van der Waals surface area contributed by atoms with Crippen LogP contribution in [0.2, 0.25) is 0 Å². The number of nitro benzene ring substituents is 1. The van der Waals surface area contributed by atoms with Gasteiger partial charge in [-0.15, -0.1) is 0 Å². The van der Waals surface area contributed by atoms with Crippen LogP contribution in [0.4, 0.5) is 5.69 Å². The van der Waals surface area contributed by atoms with Crippen molar-refractivity contribution in [2.75, 3.05) is 0 Å². The third-order valence-corrected chi connectivity index (χ3v) is 4.29. The Labute approximate surface area is 141 Å². The zero-order valence-corrected chi connectivity index (χ0v) is 13.9. The van der Waals surface area contributed by atoms with Gasteiger partial charge >= 0.3 is 5.63 Å². The number of aryl methyl sites for hydroxylation is 1. The van der Waals surface area contributed by atoms with Gasteiger partial charge in [-0.05, 0) is 19.9 Å². The molecule has 0 aliphatic heterocycles. The maximum absolute atomic E-state index is 12.2. The minimum absolute atomic E-state index is 0.139. The minimum Gasteiger partial charge on any atom is -0.507 e. The highest BCUT2D eigenvalue weighted by Crippen LogP contribution is 2.18. The van der Waals surface area contributed by atoms with Crippen molar-refractivity contribution in [3.05, 3.63) is 62.2 Å². The molecule has 0 spiro atoms. The quantitative estimate of drug-likeness (QED) is 0.458. The molecule has 0 saturated carbocycles. The zero-order valence-electron chi connectivity index (χ0n) is 13.1. The maximum Gasteiger partial charge on any atom is 0.348 e. The third-order valence-electron chi connectivity index (χ3n) is 3.09. The number of hydrogen-bond acceptors (Lipinski definition) is 8. The highest BCUT2D eigenvalue weighted by Gasteiger charge is 2.18. The van der Waals surface area contributed by atoms with Crippen LogP contribution in [0.5, 0.6) is 5.75 Å². The van der Waals surface area contributed by atoms with E-state index >= 15 is 0 Å².